The van der Waals surface area contributed by atoms with Crippen LogP contribution in [0.5, 0.6) is 0 Å². The van der Waals surface area contributed by atoms with Crippen molar-refractivity contribution in [2.45, 2.75) is 0 Å². The van der Waals surface area contributed by atoms with Gasteiger partial charge in [-0.2, -0.15) is 0 Å². The van der Waals surface area contributed by atoms with Crippen LogP contribution in [0.25, 0.3) is 11.0 Å². The Morgan fingerprint density at radius 1 is 0.875 bits per heavy atom. The van der Waals surface area contributed by atoms with Crippen molar-refractivity contribution in [1.29, 1.82) is 0 Å². The van der Waals surface area contributed by atoms with Gasteiger partial charge in [-0.05, 0) is 31.9 Å². The van der Waals surface area contributed by atoms with Crippen molar-refractivity contribution in [1.82, 2.24) is 9.97 Å². The van der Waals surface area contributed by atoms with Crippen molar-refractivity contribution in [3.63, 3.8) is 0 Å². The highest BCUT2D eigenvalue weighted by Crippen LogP contribution is 2.24. The van der Waals surface area contributed by atoms with Crippen LogP contribution in [0, 0.1) is 20.2 Å². The highest BCUT2D eigenvalue weighted by molar-refractivity contribution is 5.76. The molecule has 0 radical (unpaired) electrons. The van der Waals surface area contributed by atoms with Crippen LogP contribution in [-0.4, -0.2) is 19.8 Å². The van der Waals surface area contributed by atoms with Crippen LogP contribution in [0.15, 0.2) is 24.3 Å². The van der Waals surface area contributed by atoms with Gasteiger partial charge in [0.2, 0.25) is 11.0 Å². The summed E-state index contributed by atoms with van der Waals surface area (Å²) in [6, 6.07) is 6.23. The lowest BCUT2D eigenvalue weighted by molar-refractivity contribution is -0.428. The molecule has 0 saturated carbocycles. The quantitative estimate of drug-likeness (QED) is 0.559. The largest absolute Gasteiger partial charge is 0.463 e. The maximum Gasteiger partial charge on any atom is 0.463 e. The van der Waals surface area contributed by atoms with Crippen molar-refractivity contribution in [2.75, 3.05) is 0 Å². The van der Waals surface area contributed by atoms with Crippen LogP contribution >= 0.6 is 0 Å². The molecule has 0 spiro atoms. The molecule has 0 amide bonds. The van der Waals surface area contributed by atoms with E-state index < -0.39 is 21.5 Å². The number of nitrogens with zero attached hydrogens (tertiary/aromatic N) is 4. The van der Waals surface area contributed by atoms with Crippen LogP contribution < -0.4 is 0 Å². The first kappa shape index (κ1) is 9.90. The summed E-state index contributed by atoms with van der Waals surface area (Å²) in [6.45, 7) is 0. The number of rotatable bonds is 2. The molecule has 8 heteroatoms. The summed E-state index contributed by atoms with van der Waals surface area (Å²) in [5, 5.41) is 21.1. The van der Waals surface area contributed by atoms with E-state index in [1.807, 2.05) is 0 Å². The molecule has 0 unspecified atom stereocenters. The van der Waals surface area contributed by atoms with E-state index in [-0.39, 0.29) is 11.0 Å². The van der Waals surface area contributed by atoms with E-state index in [9.17, 15) is 20.2 Å². The number of fused-ring (bicyclic) bond motifs is 1. The summed E-state index contributed by atoms with van der Waals surface area (Å²) in [5.74, 6) is -1.69. The Morgan fingerprint density at radius 2 is 1.25 bits per heavy atom. The number of hydrogen-bond donors (Lipinski definition) is 0. The third kappa shape index (κ3) is 1.52. The first-order chi connectivity index (χ1) is 7.59. The number of para-hydroxylation sites is 2. The first-order valence-electron chi connectivity index (χ1n) is 4.15. The maximum atomic E-state index is 10.6. The Labute approximate surface area is 87.9 Å². The smallest absolute Gasteiger partial charge is 0.358 e. The predicted molar refractivity (Wildman–Crippen MR) is 52.8 cm³/mol. The SMILES string of the molecule is O=[N+]([O-])c1nc2ccccc2nc1[N+](=O)[O-]. The van der Waals surface area contributed by atoms with E-state index in [0.717, 1.165) is 0 Å². The highest BCUT2D eigenvalue weighted by atomic mass is 16.6. The second-order valence-corrected chi connectivity index (χ2v) is 2.87. The molecule has 8 nitrogen and oxygen atoms in total. The van der Waals surface area contributed by atoms with Crippen LogP contribution in [0.2, 0.25) is 0 Å². The second kappa shape index (κ2) is 3.50. The molecule has 1 aromatic heterocycles. The zero-order valence-corrected chi connectivity index (χ0v) is 7.73. The van der Waals surface area contributed by atoms with Gasteiger partial charge in [-0.3, -0.25) is 0 Å². The molecule has 0 fully saturated rings. The van der Waals surface area contributed by atoms with Crippen LogP contribution in [0.3, 0.4) is 0 Å². The van der Waals surface area contributed by atoms with Gasteiger partial charge in [-0.1, -0.05) is 12.1 Å². The number of aromatic nitrogens is 2. The average Bonchev–Trinajstić information content (AvgIpc) is 2.27. The lowest BCUT2D eigenvalue weighted by Gasteiger charge is -1.95. The van der Waals surface area contributed by atoms with Gasteiger partial charge >= 0.3 is 11.6 Å². The minimum Gasteiger partial charge on any atom is -0.358 e. The Morgan fingerprint density at radius 3 is 1.56 bits per heavy atom. The number of nitro groups is 2. The van der Waals surface area contributed by atoms with Crippen LogP contribution in [0.1, 0.15) is 0 Å². The minimum absolute atomic E-state index is 0.250. The maximum absolute atomic E-state index is 10.6. The van der Waals surface area contributed by atoms with Gasteiger partial charge in [0, 0.05) is 0 Å². The average molecular weight is 220 g/mol. The topological polar surface area (TPSA) is 112 Å². The molecule has 80 valence electrons. The third-order valence-electron chi connectivity index (χ3n) is 1.88. The molecule has 0 N–H and O–H groups in total. The molecule has 2 aromatic rings. The molecule has 0 saturated heterocycles. The van der Waals surface area contributed by atoms with E-state index in [1.54, 1.807) is 12.1 Å². The van der Waals surface area contributed by atoms with E-state index in [2.05, 4.69) is 9.97 Å². The Hall–Kier alpha value is -2.64. The molecule has 0 aliphatic heterocycles. The monoisotopic (exact) mass is 220 g/mol. The fraction of sp³-hybridized carbons (Fsp3) is 0. The van der Waals surface area contributed by atoms with Crippen LogP contribution in [0.4, 0.5) is 11.6 Å². The summed E-state index contributed by atoms with van der Waals surface area (Å²) < 4.78 is 0. The highest BCUT2D eigenvalue weighted by Gasteiger charge is 2.29. The van der Waals surface area contributed by atoms with Gasteiger partial charge in [-0.15, -0.1) is 0 Å². The molecular formula is C8H4N4O4. The number of hydrogen-bond acceptors (Lipinski definition) is 6. The van der Waals surface area contributed by atoms with Crippen molar-refractivity contribution in [3.8, 4) is 0 Å². The Bertz CT molecular complexity index is 545. The van der Waals surface area contributed by atoms with Crippen LogP contribution in [-0.2, 0) is 0 Å². The molecule has 2 rings (SSSR count). The van der Waals surface area contributed by atoms with E-state index in [0.29, 0.717) is 0 Å². The minimum atomic E-state index is -0.919. The van der Waals surface area contributed by atoms with E-state index in [1.165, 1.54) is 12.1 Å². The van der Waals surface area contributed by atoms with Crippen molar-refractivity contribution in [3.05, 3.63) is 44.5 Å². The van der Waals surface area contributed by atoms with Gasteiger partial charge in [-0.25, -0.2) is 0 Å². The molecule has 0 bridgehead atoms. The summed E-state index contributed by atoms with van der Waals surface area (Å²) in [6.07, 6.45) is 0. The van der Waals surface area contributed by atoms with Gasteiger partial charge in [0.25, 0.3) is 0 Å². The van der Waals surface area contributed by atoms with Gasteiger partial charge in [0.05, 0.1) is 0 Å². The first-order valence-corrected chi connectivity index (χ1v) is 4.15. The van der Waals surface area contributed by atoms with Gasteiger partial charge in [0.15, 0.2) is 0 Å². The third-order valence-corrected chi connectivity index (χ3v) is 1.88. The van der Waals surface area contributed by atoms with E-state index >= 15 is 0 Å². The predicted octanol–water partition coefficient (Wildman–Crippen LogP) is 1.45. The molecule has 0 aliphatic rings. The molecule has 0 atom stereocenters. The Balaban J connectivity index is 2.81. The summed E-state index contributed by atoms with van der Waals surface area (Å²) in [5.41, 5.74) is 0.500. The molecular weight excluding hydrogens is 216 g/mol. The summed E-state index contributed by atoms with van der Waals surface area (Å²) in [7, 11) is 0. The van der Waals surface area contributed by atoms with Crippen molar-refractivity contribution < 1.29 is 9.85 Å². The second-order valence-electron chi connectivity index (χ2n) is 2.87. The standard InChI is InChI=1S/C8H4N4O4/c13-11(14)7-8(12(15)16)10-6-4-2-1-3-5(6)9-7/h1-4H. The summed E-state index contributed by atoms with van der Waals surface area (Å²) in [4.78, 5) is 26.5. The lowest BCUT2D eigenvalue weighted by Crippen LogP contribution is -2.02. The lowest BCUT2D eigenvalue weighted by atomic mass is 10.3. The fourth-order valence-corrected chi connectivity index (χ4v) is 1.23. The normalized spacial score (nSPS) is 10.2. The molecule has 16 heavy (non-hydrogen) atoms. The van der Waals surface area contributed by atoms with E-state index in [4.69, 9.17) is 0 Å². The number of benzene rings is 1. The van der Waals surface area contributed by atoms with Crippen molar-refractivity contribution in [2.24, 2.45) is 0 Å². The zero-order chi connectivity index (χ0) is 11.7. The molecule has 1 heterocycles. The Kier molecular flexibility index (Phi) is 2.16. The zero-order valence-electron chi connectivity index (χ0n) is 7.73. The van der Waals surface area contributed by atoms with Gasteiger partial charge < -0.3 is 20.2 Å². The molecule has 1 aromatic carbocycles. The summed E-state index contributed by atoms with van der Waals surface area (Å²) >= 11 is 0. The molecule has 0 aliphatic carbocycles. The van der Waals surface area contributed by atoms with Gasteiger partial charge in [0.1, 0.15) is 0 Å². The van der Waals surface area contributed by atoms with Crippen molar-refractivity contribution >= 4 is 22.7 Å². The fourth-order valence-electron chi connectivity index (χ4n) is 1.23.